The zero-order valence-electron chi connectivity index (χ0n) is 11.4. The summed E-state index contributed by atoms with van der Waals surface area (Å²) in [6.07, 6.45) is 2.09. The van der Waals surface area contributed by atoms with Gasteiger partial charge in [-0.1, -0.05) is 0 Å². The van der Waals surface area contributed by atoms with E-state index in [9.17, 15) is 9.50 Å². The molecule has 0 bridgehead atoms. The molecule has 1 aromatic heterocycles. The van der Waals surface area contributed by atoms with Crippen LogP contribution in [0.4, 0.5) is 10.2 Å². The van der Waals surface area contributed by atoms with E-state index >= 15 is 0 Å². The molecule has 2 heterocycles. The number of aromatic nitrogens is 2. The van der Waals surface area contributed by atoms with E-state index in [4.69, 9.17) is 4.74 Å². The van der Waals surface area contributed by atoms with Gasteiger partial charge in [0.15, 0.2) is 11.6 Å². The van der Waals surface area contributed by atoms with E-state index in [2.05, 4.69) is 9.97 Å². The molecular weight excluding hydrogens is 261 g/mol. The van der Waals surface area contributed by atoms with Crippen molar-refractivity contribution in [3.8, 4) is 5.75 Å². The molecule has 1 aliphatic rings. The predicted molar refractivity (Wildman–Crippen MR) is 73.5 cm³/mol. The fraction of sp³-hybridized carbons (Fsp3) is 0.429. The standard InChI is InChI=1S/C14H16FN3O2/c1-14(19)3-4-18(7-14)13-9-5-12(20-2)10(15)6-11(9)16-8-17-13/h5-6,8,19H,3-4,7H2,1-2H3. The second kappa shape index (κ2) is 4.56. The molecule has 1 aliphatic heterocycles. The quantitative estimate of drug-likeness (QED) is 0.906. The lowest BCUT2D eigenvalue weighted by molar-refractivity contribution is 0.0839. The Morgan fingerprint density at radius 2 is 2.20 bits per heavy atom. The molecule has 1 fully saturated rings. The number of hydrogen-bond donors (Lipinski definition) is 1. The molecule has 0 radical (unpaired) electrons. The predicted octanol–water partition coefficient (Wildman–Crippen LogP) is 1.74. The van der Waals surface area contributed by atoms with Gasteiger partial charge >= 0.3 is 0 Å². The molecule has 6 heteroatoms. The second-order valence-corrected chi connectivity index (χ2v) is 5.37. The van der Waals surface area contributed by atoms with Gasteiger partial charge in [-0.05, 0) is 19.4 Å². The van der Waals surface area contributed by atoms with Gasteiger partial charge in [0, 0.05) is 24.5 Å². The highest BCUT2D eigenvalue weighted by Gasteiger charge is 2.32. The van der Waals surface area contributed by atoms with Crippen LogP contribution in [0.15, 0.2) is 18.5 Å². The topological polar surface area (TPSA) is 58.5 Å². The summed E-state index contributed by atoms with van der Waals surface area (Å²) in [6.45, 7) is 3.01. The second-order valence-electron chi connectivity index (χ2n) is 5.37. The van der Waals surface area contributed by atoms with Crippen molar-refractivity contribution < 1.29 is 14.2 Å². The smallest absolute Gasteiger partial charge is 0.167 e. The summed E-state index contributed by atoms with van der Waals surface area (Å²) in [5.41, 5.74) is -0.193. The number of nitrogens with zero attached hydrogens (tertiary/aromatic N) is 3. The Kier molecular flexibility index (Phi) is 2.97. The lowest BCUT2D eigenvalue weighted by Crippen LogP contribution is -2.30. The highest BCUT2D eigenvalue weighted by atomic mass is 19.1. The third-order valence-corrected chi connectivity index (χ3v) is 3.64. The van der Waals surface area contributed by atoms with Gasteiger partial charge in [-0.15, -0.1) is 0 Å². The zero-order valence-corrected chi connectivity index (χ0v) is 11.4. The number of fused-ring (bicyclic) bond motifs is 1. The summed E-state index contributed by atoms with van der Waals surface area (Å²) in [5.74, 6) is 0.420. The Hall–Kier alpha value is -1.95. The van der Waals surface area contributed by atoms with Crippen molar-refractivity contribution in [3.63, 3.8) is 0 Å². The van der Waals surface area contributed by atoms with Gasteiger partial charge in [0.05, 0.1) is 18.2 Å². The van der Waals surface area contributed by atoms with Crippen LogP contribution in [0.25, 0.3) is 10.9 Å². The Balaban J connectivity index is 2.11. The third-order valence-electron chi connectivity index (χ3n) is 3.64. The number of ether oxygens (including phenoxy) is 1. The number of β-amino-alcohol motifs (C(OH)–C–C–N with tert-alkyl or cyclic N) is 1. The molecule has 0 amide bonds. The number of aliphatic hydroxyl groups is 1. The summed E-state index contributed by atoms with van der Waals surface area (Å²) in [5, 5.41) is 10.8. The van der Waals surface area contributed by atoms with E-state index in [1.807, 2.05) is 4.90 Å². The zero-order chi connectivity index (χ0) is 14.3. The summed E-state index contributed by atoms with van der Waals surface area (Å²) in [7, 11) is 1.42. The molecule has 2 aromatic rings. The van der Waals surface area contributed by atoms with E-state index in [1.165, 1.54) is 19.5 Å². The van der Waals surface area contributed by atoms with E-state index in [1.54, 1.807) is 13.0 Å². The molecule has 1 N–H and O–H groups in total. The van der Waals surface area contributed by atoms with Gasteiger partial charge in [-0.3, -0.25) is 0 Å². The Labute approximate surface area is 116 Å². The number of rotatable bonds is 2. The molecular formula is C14H16FN3O2. The average Bonchev–Trinajstić information content (AvgIpc) is 2.77. The molecule has 1 unspecified atom stereocenters. The third kappa shape index (κ3) is 2.16. The first-order chi connectivity index (χ1) is 9.50. The van der Waals surface area contributed by atoms with Crippen LogP contribution in [0.5, 0.6) is 5.75 Å². The minimum Gasteiger partial charge on any atom is -0.494 e. The lowest BCUT2D eigenvalue weighted by atomic mass is 10.1. The summed E-state index contributed by atoms with van der Waals surface area (Å²) < 4.78 is 18.7. The molecule has 1 aromatic carbocycles. The molecule has 1 atom stereocenters. The first-order valence-electron chi connectivity index (χ1n) is 6.46. The largest absolute Gasteiger partial charge is 0.494 e. The van der Waals surface area contributed by atoms with Crippen LogP contribution in [0.2, 0.25) is 0 Å². The molecule has 1 saturated heterocycles. The van der Waals surface area contributed by atoms with Gasteiger partial charge in [-0.25, -0.2) is 14.4 Å². The SMILES string of the molecule is COc1cc2c(N3CCC(C)(O)C3)ncnc2cc1F. The molecule has 5 nitrogen and oxygen atoms in total. The van der Waals surface area contributed by atoms with Crippen LogP contribution >= 0.6 is 0 Å². The van der Waals surface area contributed by atoms with Crippen molar-refractivity contribution in [3.05, 3.63) is 24.3 Å². The maximum absolute atomic E-state index is 13.7. The fourth-order valence-corrected chi connectivity index (χ4v) is 2.58. The van der Waals surface area contributed by atoms with Crippen molar-refractivity contribution in [1.82, 2.24) is 9.97 Å². The van der Waals surface area contributed by atoms with Crippen molar-refractivity contribution in [2.75, 3.05) is 25.1 Å². The Bertz CT molecular complexity index is 660. The lowest BCUT2D eigenvalue weighted by Gasteiger charge is -2.21. The minimum absolute atomic E-state index is 0.166. The van der Waals surface area contributed by atoms with Crippen LogP contribution in [-0.4, -0.2) is 40.9 Å². The first-order valence-corrected chi connectivity index (χ1v) is 6.46. The van der Waals surface area contributed by atoms with Crippen LogP contribution in [-0.2, 0) is 0 Å². The number of halogens is 1. The number of hydrogen-bond acceptors (Lipinski definition) is 5. The van der Waals surface area contributed by atoms with Crippen LogP contribution in [0.3, 0.4) is 0 Å². The van der Waals surface area contributed by atoms with Crippen molar-refractivity contribution in [1.29, 1.82) is 0 Å². The van der Waals surface area contributed by atoms with E-state index in [0.29, 0.717) is 30.8 Å². The molecule has 20 heavy (non-hydrogen) atoms. The number of anilines is 1. The minimum atomic E-state index is -0.721. The molecule has 106 valence electrons. The molecule has 3 rings (SSSR count). The van der Waals surface area contributed by atoms with Crippen LogP contribution in [0.1, 0.15) is 13.3 Å². The van der Waals surface area contributed by atoms with Crippen LogP contribution < -0.4 is 9.64 Å². The maximum atomic E-state index is 13.7. The van der Waals surface area contributed by atoms with Gasteiger partial charge < -0.3 is 14.7 Å². The Morgan fingerprint density at radius 1 is 1.40 bits per heavy atom. The normalized spacial score (nSPS) is 22.5. The molecule has 0 aliphatic carbocycles. The van der Waals surface area contributed by atoms with Gasteiger partial charge in [0.2, 0.25) is 0 Å². The first kappa shape index (κ1) is 13.1. The molecule has 0 saturated carbocycles. The van der Waals surface area contributed by atoms with Crippen molar-refractivity contribution >= 4 is 16.7 Å². The van der Waals surface area contributed by atoms with Crippen LogP contribution in [0, 0.1) is 5.82 Å². The number of methoxy groups -OCH3 is 1. The van der Waals surface area contributed by atoms with E-state index in [0.717, 1.165) is 5.39 Å². The summed E-state index contributed by atoms with van der Waals surface area (Å²) >= 11 is 0. The number of benzene rings is 1. The van der Waals surface area contributed by atoms with E-state index < -0.39 is 11.4 Å². The van der Waals surface area contributed by atoms with Gasteiger partial charge in [0.1, 0.15) is 12.1 Å². The Morgan fingerprint density at radius 3 is 2.85 bits per heavy atom. The monoisotopic (exact) mass is 277 g/mol. The summed E-state index contributed by atoms with van der Waals surface area (Å²) in [6, 6.07) is 2.95. The van der Waals surface area contributed by atoms with Gasteiger partial charge in [-0.2, -0.15) is 0 Å². The average molecular weight is 277 g/mol. The fourth-order valence-electron chi connectivity index (χ4n) is 2.58. The summed E-state index contributed by atoms with van der Waals surface area (Å²) in [4.78, 5) is 10.4. The highest BCUT2D eigenvalue weighted by molar-refractivity contribution is 5.90. The van der Waals surface area contributed by atoms with Crippen molar-refractivity contribution in [2.24, 2.45) is 0 Å². The van der Waals surface area contributed by atoms with E-state index in [-0.39, 0.29) is 5.75 Å². The molecule has 0 spiro atoms. The van der Waals surface area contributed by atoms with Gasteiger partial charge in [0.25, 0.3) is 0 Å². The highest BCUT2D eigenvalue weighted by Crippen LogP contribution is 2.32. The van der Waals surface area contributed by atoms with Crippen molar-refractivity contribution in [2.45, 2.75) is 18.9 Å². The maximum Gasteiger partial charge on any atom is 0.167 e.